The molecule has 5 nitrogen and oxygen atoms in total. The number of hydrogen-bond donors (Lipinski definition) is 1. The van der Waals surface area contributed by atoms with Crippen LogP contribution in [0.2, 0.25) is 10.0 Å². The first kappa shape index (κ1) is 19.5. The summed E-state index contributed by atoms with van der Waals surface area (Å²) in [7, 11) is -3.96. The van der Waals surface area contributed by atoms with Gasteiger partial charge in [0, 0.05) is 6.42 Å². The number of halogens is 3. The van der Waals surface area contributed by atoms with E-state index in [1.807, 2.05) is 0 Å². The highest BCUT2D eigenvalue weighted by atomic mass is 35.5. The number of carboxylic acids is 1. The van der Waals surface area contributed by atoms with E-state index in [-0.39, 0.29) is 22.2 Å². The maximum Gasteiger partial charge on any atom is 0.327 e. The molecule has 0 aliphatic carbocycles. The lowest BCUT2D eigenvalue weighted by Crippen LogP contribution is -2.46. The molecule has 1 atom stereocenters. The molecule has 0 aliphatic rings. The Morgan fingerprint density at radius 1 is 1.20 bits per heavy atom. The minimum absolute atomic E-state index is 0.0365. The van der Waals surface area contributed by atoms with Gasteiger partial charge in [0.1, 0.15) is 11.9 Å². The van der Waals surface area contributed by atoms with Crippen LogP contribution in [0.1, 0.15) is 5.56 Å². The third-order valence-electron chi connectivity index (χ3n) is 3.45. The lowest BCUT2D eigenvalue weighted by molar-refractivity contribution is -0.138. The zero-order chi connectivity index (χ0) is 18.8. The first-order chi connectivity index (χ1) is 11.6. The van der Waals surface area contributed by atoms with Gasteiger partial charge >= 0.3 is 5.97 Å². The molecule has 0 fully saturated rings. The van der Waals surface area contributed by atoms with Gasteiger partial charge < -0.3 is 5.11 Å². The second-order valence-corrected chi connectivity index (χ2v) is 7.95. The Hall–Kier alpha value is -1.83. The Bertz CT molecular complexity index is 888. The summed E-state index contributed by atoms with van der Waals surface area (Å²) in [6.07, 6.45) is 0.672. The number of aliphatic carboxylic acids is 1. The maximum absolute atomic E-state index is 13.1. The molecule has 0 bridgehead atoms. The Morgan fingerprint density at radius 3 is 2.32 bits per heavy atom. The number of nitrogens with zero attached hydrogens (tertiary/aromatic N) is 1. The average Bonchev–Trinajstić information content (AvgIpc) is 2.51. The van der Waals surface area contributed by atoms with Crippen molar-refractivity contribution >= 4 is 44.9 Å². The van der Waals surface area contributed by atoms with E-state index < -0.39 is 27.9 Å². The van der Waals surface area contributed by atoms with Gasteiger partial charge in [-0.05, 0) is 35.9 Å². The number of hydrogen-bond acceptors (Lipinski definition) is 3. The van der Waals surface area contributed by atoms with E-state index in [0.717, 1.165) is 22.7 Å². The zero-order valence-electron chi connectivity index (χ0n) is 13.0. The van der Waals surface area contributed by atoms with Gasteiger partial charge in [0.15, 0.2) is 0 Å². The summed E-state index contributed by atoms with van der Waals surface area (Å²) >= 11 is 12.0. The normalized spacial score (nSPS) is 12.6. The van der Waals surface area contributed by atoms with Gasteiger partial charge in [0.25, 0.3) is 0 Å². The molecule has 2 aromatic carbocycles. The third-order valence-corrected chi connectivity index (χ3v) is 5.49. The Kier molecular flexibility index (Phi) is 5.92. The molecule has 0 unspecified atom stereocenters. The highest BCUT2D eigenvalue weighted by Crippen LogP contribution is 2.29. The monoisotopic (exact) mass is 405 g/mol. The fraction of sp³-hybridized carbons (Fsp3) is 0.188. The highest BCUT2D eigenvalue weighted by Gasteiger charge is 2.33. The summed E-state index contributed by atoms with van der Waals surface area (Å²) < 4.78 is 38.3. The lowest BCUT2D eigenvalue weighted by Gasteiger charge is -2.29. The number of carboxylic acid groups (broad SMARTS) is 1. The van der Waals surface area contributed by atoms with Gasteiger partial charge in [-0.25, -0.2) is 17.6 Å². The summed E-state index contributed by atoms with van der Waals surface area (Å²) in [6.45, 7) is 0. The van der Waals surface area contributed by atoms with Crippen LogP contribution < -0.4 is 4.31 Å². The quantitative estimate of drug-likeness (QED) is 0.796. The lowest BCUT2D eigenvalue weighted by atomic mass is 10.1. The molecule has 134 valence electrons. The molecule has 0 spiro atoms. The number of anilines is 1. The summed E-state index contributed by atoms with van der Waals surface area (Å²) in [5.74, 6) is -1.94. The number of rotatable bonds is 6. The van der Waals surface area contributed by atoms with Crippen LogP contribution >= 0.6 is 23.2 Å². The van der Waals surface area contributed by atoms with Crippen LogP contribution in [0.3, 0.4) is 0 Å². The minimum Gasteiger partial charge on any atom is -0.480 e. The molecule has 1 N–H and O–H groups in total. The standard InChI is InChI=1S/C16H14Cl2FNO4S/c1-25(23,24)20(12-7-5-11(19)6-8-12)14(16(21)22)9-10-3-2-4-13(17)15(10)18/h2-8,14H,9H2,1H3,(H,21,22)/t14-/m0/s1. The fourth-order valence-electron chi connectivity index (χ4n) is 2.38. The van der Waals surface area contributed by atoms with Crippen molar-refractivity contribution in [1.29, 1.82) is 0 Å². The SMILES string of the molecule is CS(=O)(=O)N(c1ccc(F)cc1)[C@@H](Cc1cccc(Cl)c1Cl)C(=O)O. The smallest absolute Gasteiger partial charge is 0.327 e. The molecule has 25 heavy (non-hydrogen) atoms. The molecule has 0 heterocycles. The van der Waals surface area contributed by atoms with Crippen molar-refractivity contribution in [2.24, 2.45) is 0 Å². The molecule has 0 radical (unpaired) electrons. The molecule has 2 rings (SSSR count). The van der Waals surface area contributed by atoms with Gasteiger partial charge in [-0.1, -0.05) is 35.3 Å². The van der Waals surface area contributed by atoms with Gasteiger partial charge in [0.05, 0.1) is 22.0 Å². The second kappa shape index (κ2) is 7.59. The van der Waals surface area contributed by atoms with Crippen LogP contribution in [0, 0.1) is 5.82 Å². The molecule has 0 saturated heterocycles. The first-order valence-corrected chi connectivity index (χ1v) is 9.62. The van der Waals surface area contributed by atoms with Crippen molar-refractivity contribution in [2.45, 2.75) is 12.5 Å². The second-order valence-electron chi connectivity index (χ2n) is 5.31. The highest BCUT2D eigenvalue weighted by molar-refractivity contribution is 7.92. The van der Waals surface area contributed by atoms with Crippen LogP contribution in [-0.2, 0) is 21.2 Å². The van der Waals surface area contributed by atoms with Crippen LogP contribution in [0.4, 0.5) is 10.1 Å². The van der Waals surface area contributed by atoms with Crippen molar-refractivity contribution in [3.63, 3.8) is 0 Å². The predicted octanol–water partition coefficient (Wildman–Crippen LogP) is 3.59. The van der Waals surface area contributed by atoms with Gasteiger partial charge in [-0.15, -0.1) is 0 Å². The molecule has 0 aromatic heterocycles. The Morgan fingerprint density at radius 2 is 1.80 bits per heavy atom. The van der Waals surface area contributed by atoms with E-state index in [1.165, 1.54) is 18.2 Å². The van der Waals surface area contributed by atoms with E-state index >= 15 is 0 Å². The number of carbonyl (C=O) groups is 1. The zero-order valence-corrected chi connectivity index (χ0v) is 15.3. The van der Waals surface area contributed by atoms with Crippen molar-refractivity contribution in [3.8, 4) is 0 Å². The minimum atomic E-state index is -3.96. The van der Waals surface area contributed by atoms with Crippen LogP contribution in [-0.4, -0.2) is 31.8 Å². The molecular formula is C16H14Cl2FNO4S. The molecule has 0 aliphatic heterocycles. The predicted molar refractivity (Wildman–Crippen MR) is 95.3 cm³/mol. The summed E-state index contributed by atoms with van der Waals surface area (Å²) in [6, 6.07) is 7.73. The van der Waals surface area contributed by atoms with Crippen LogP contribution in [0.15, 0.2) is 42.5 Å². The fourth-order valence-corrected chi connectivity index (χ4v) is 3.90. The van der Waals surface area contributed by atoms with Crippen molar-refractivity contribution in [1.82, 2.24) is 0 Å². The van der Waals surface area contributed by atoms with Crippen LogP contribution in [0.5, 0.6) is 0 Å². The van der Waals surface area contributed by atoms with Gasteiger partial charge in [-0.3, -0.25) is 4.31 Å². The Labute approximate surface area is 154 Å². The summed E-state index contributed by atoms with van der Waals surface area (Å²) in [4.78, 5) is 11.8. The van der Waals surface area contributed by atoms with E-state index in [1.54, 1.807) is 12.1 Å². The Balaban J connectivity index is 2.52. The van der Waals surface area contributed by atoms with E-state index in [4.69, 9.17) is 23.2 Å². The molecule has 9 heteroatoms. The number of benzene rings is 2. The first-order valence-electron chi connectivity index (χ1n) is 7.02. The topological polar surface area (TPSA) is 74.7 Å². The van der Waals surface area contributed by atoms with Gasteiger partial charge in [0.2, 0.25) is 10.0 Å². The van der Waals surface area contributed by atoms with Crippen molar-refractivity contribution in [2.75, 3.05) is 10.6 Å². The number of sulfonamides is 1. The van der Waals surface area contributed by atoms with E-state index in [0.29, 0.717) is 5.56 Å². The maximum atomic E-state index is 13.1. The summed E-state index contributed by atoms with van der Waals surface area (Å²) in [5.41, 5.74) is 0.423. The van der Waals surface area contributed by atoms with E-state index in [9.17, 15) is 22.7 Å². The molecule has 0 amide bonds. The summed E-state index contributed by atoms with van der Waals surface area (Å²) in [5, 5.41) is 9.98. The molecule has 2 aromatic rings. The van der Waals surface area contributed by atoms with Crippen LogP contribution in [0.25, 0.3) is 0 Å². The molecule has 0 saturated carbocycles. The average molecular weight is 406 g/mol. The van der Waals surface area contributed by atoms with Crippen molar-refractivity contribution in [3.05, 3.63) is 63.9 Å². The molecular weight excluding hydrogens is 392 g/mol. The van der Waals surface area contributed by atoms with E-state index in [2.05, 4.69) is 0 Å². The van der Waals surface area contributed by atoms with Gasteiger partial charge in [-0.2, -0.15) is 0 Å². The van der Waals surface area contributed by atoms with Crippen molar-refractivity contribution < 1.29 is 22.7 Å². The largest absolute Gasteiger partial charge is 0.480 e. The third kappa shape index (κ3) is 4.62.